The van der Waals surface area contributed by atoms with Gasteiger partial charge in [-0.2, -0.15) is 0 Å². The van der Waals surface area contributed by atoms with E-state index in [1.807, 2.05) is 7.05 Å². The summed E-state index contributed by atoms with van der Waals surface area (Å²) in [4.78, 5) is 6.81. The van der Waals surface area contributed by atoms with Gasteiger partial charge in [0, 0.05) is 26.7 Å². The van der Waals surface area contributed by atoms with Gasteiger partial charge in [-0.3, -0.25) is 4.99 Å². The highest BCUT2D eigenvalue weighted by Crippen LogP contribution is 2.10. The molecule has 1 heterocycles. The Hall–Kier alpha value is -0.0800. The molecule has 1 fully saturated rings. The average molecular weight is 426 g/mol. The summed E-state index contributed by atoms with van der Waals surface area (Å²) >= 11 is 0. The number of aliphatic imine (C=N–C) groups is 1. The second-order valence-corrected chi connectivity index (χ2v) is 5.71. The highest BCUT2D eigenvalue weighted by molar-refractivity contribution is 14.0. The van der Waals surface area contributed by atoms with Crippen LogP contribution in [0.5, 0.6) is 0 Å². The van der Waals surface area contributed by atoms with Crippen molar-refractivity contribution >= 4 is 29.9 Å². The van der Waals surface area contributed by atoms with E-state index in [9.17, 15) is 0 Å². The maximum atomic E-state index is 5.61. The number of halogens is 1. The van der Waals surface area contributed by atoms with Crippen molar-refractivity contribution in [3.63, 3.8) is 0 Å². The van der Waals surface area contributed by atoms with Gasteiger partial charge in [0.25, 0.3) is 0 Å². The molecular formula is C16H35IN4O. The zero-order valence-corrected chi connectivity index (χ0v) is 16.9. The van der Waals surface area contributed by atoms with E-state index in [0.717, 1.165) is 45.0 Å². The SMILES string of the molecule is CCCN(CCC)CCCNC(=NC)NCC1CCCO1.I. The van der Waals surface area contributed by atoms with E-state index in [1.165, 1.54) is 32.4 Å². The summed E-state index contributed by atoms with van der Waals surface area (Å²) in [5, 5.41) is 6.74. The van der Waals surface area contributed by atoms with Gasteiger partial charge in [-0.05, 0) is 51.7 Å². The van der Waals surface area contributed by atoms with Crippen molar-refractivity contribution in [3.05, 3.63) is 0 Å². The first-order valence-electron chi connectivity index (χ1n) is 8.58. The van der Waals surface area contributed by atoms with E-state index in [2.05, 4.69) is 34.4 Å². The molecular weight excluding hydrogens is 391 g/mol. The van der Waals surface area contributed by atoms with Gasteiger partial charge in [0.15, 0.2) is 5.96 Å². The van der Waals surface area contributed by atoms with Crippen LogP contribution >= 0.6 is 24.0 Å². The molecule has 0 saturated carbocycles. The van der Waals surface area contributed by atoms with Crippen LogP contribution in [0.4, 0.5) is 0 Å². The number of ether oxygens (including phenoxy) is 1. The van der Waals surface area contributed by atoms with Gasteiger partial charge in [0.05, 0.1) is 6.10 Å². The van der Waals surface area contributed by atoms with Crippen LogP contribution in [0.1, 0.15) is 46.0 Å². The van der Waals surface area contributed by atoms with Gasteiger partial charge >= 0.3 is 0 Å². The van der Waals surface area contributed by atoms with Crippen LogP contribution in [-0.4, -0.2) is 63.3 Å². The number of rotatable bonds is 10. The van der Waals surface area contributed by atoms with Gasteiger partial charge < -0.3 is 20.3 Å². The quantitative estimate of drug-likeness (QED) is 0.244. The van der Waals surface area contributed by atoms with Crippen LogP contribution in [0, 0.1) is 0 Å². The van der Waals surface area contributed by atoms with Gasteiger partial charge in [-0.1, -0.05) is 13.8 Å². The first kappa shape index (κ1) is 21.9. The van der Waals surface area contributed by atoms with E-state index < -0.39 is 0 Å². The van der Waals surface area contributed by atoms with Crippen molar-refractivity contribution in [2.45, 2.75) is 52.1 Å². The minimum absolute atomic E-state index is 0. The topological polar surface area (TPSA) is 48.9 Å². The van der Waals surface area contributed by atoms with E-state index >= 15 is 0 Å². The predicted molar refractivity (Wildman–Crippen MR) is 105 cm³/mol. The second-order valence-electron chi connectivity index (χ2n) is 5.71. The molecule has 132 valence electrons. The predicted octanol–water partition coefficient (Wildman–Crippen LogP) is 2.46. The summed E-state index contributed by atoms with van der Waals surface area (Å²) in [6, 6.07) is 0. The third-order valence-electron chi connectivity index (χ3n) is 3.77. The monoisotopic (exact) mass is 426 g/mol. The zero-order valence-electron chi connectivity index (χ0n) is 14.6. The van der Waals surface area contributed by atoms with Crippen molar-refractivity contribution in [1.29, 1.82) is 0 Å². The molecule has 1 saturated heterocycles. The Kier molecular flexibility index (Phi) is 14.5. The Morgan fingerprint density at radius 3 is 2.45 bits per heavy atom. The standard InChI is InChI=1S/C16H34N4O.HI/c1-4-10-20(11-5-2)12-7-9-18-16(17-3)19-14-15-8-6-13-21-15;/h15H,4-14H2,1-3H3,(H2,17,18,19);1H. The van der Waals surface area contributed by atoms with Crippen LogP contribution in [0.25, 0.3) is 0 Å². The zero-order chi connectivity index (χ0) is 15.3. The van der Waals surface area contributed by atoms with Crippen LogP contribution in [-0.2, 0) is 4.74 Å². The maximum Gasteiger partial charge on any atom is 0.191 e. The molecule has 22 heavy (non-hydrogen) atoms. The van der Waals surface area contributed by atoms with Gasteiger partial charge in [-0.15, -0.1) is 24.0 Å². The molecule has 2 N–H and O–H groups in total. The fourth-order valence-corrected chi connectivity index (χ4v) is 2.71. The summed E-state index contributed by atoms with van der Waals surface area (Å²) in [7, 11) is 1.82. The lowest BCUT2D eigenvalue weighted by Gasteiger charge is -2.21. The van der Waals surface area contributed by atoms with Gasteiger partial charge in [-0.25, -0.2) is 0 Å². The summed E-state index contributed by atoms with van der Waals surface area (Å²) in [6.45, 7) is 10.8. The Morgan fingerprint density at radius 2 is 1.91 bits per heavy atom. The number of hydrogen-bond acceptors (Lipinski definition) is 3. The highest BCUT2D eigenvalue weighted by atomic mass is 127. The summed E-state index contributed by atoms with van der Waals surface area (Å²) < 4.78 is 5.61. The molecule has 0 aromatic heterocycles. The number of nitrogens with zero attached hydrogens (tertiary/aromatic N) is 2. The second kappa shape index (κ2) is 14.5. The molecule has 5 nitrogen and oxygen atoms in total. The molecule has 0 aromatic rings. The molecule has 1 aliphatic rings. The molecule has 1 rings (SSSR count). The average Bonchev–Trinajstić information content (AvgIpc) is 3.00. The number of nitrogens with one attached hydrogen (secondary N) is 2. The van der Waals surface area contributed by atoms with Crippen molar-refractivity contribution in [2.75, 3.05) is 46.4 Å². The van der Waals surface area contributed by atoms with Crippen molar-refractivity contribution in [3.8, 4) is 0 Å². The van der Waals surface area contributed by atoms with Crippen LogP contribution < -0.4 is 10.6 Å². The van der Waals surface area contributed by atoms with E-state index in [-0.39, 0.29) is 24.0 Å². The van der Waals surface area contributed by atoms with Gasteiger partial charge in [0.2, 0.25) is 0 Å². The first-order valence-corrected chi connectivity index (χ1v) is 8.58. The normalized spacial score (nSPS) is 18.4. The van der Waals surface area contributed by atoms with Crippen molar-refractivity contribution in [1.82, 2.24) is 15.5 Å². The molecule has 0 aromatic carbocycles. The third-order valence-corrected chi connectivity index (χ3v) is 3.77. The van der Waals surface area contributed by atoms with E-state index in [1.54, 1.807) is 0 Å². The lowest BCUT2D eigenvalue weighted by molar-refractivity contribution is 0.114. The summed E-state index contributed by atoms with van der Waals surface area (Å²) in [6.07, 6.45) is 6.32. The number of guanidine groups is 1. The molecule has 6 heteroatoms. The Morgan fingerprint density at radius 1 is 1.18 bits per heavy atom. The summed E-state index contributed by atoms with van der Waals surface area (Å²) in [5.74, 6) is 0.892. The number of hydrogen-bond donors (Lipinski definition) is 2. The first-order chi connectivity index (χ1) is 10.3. The lowest BCUT2D eigenvalue weighted by atomic mass is 10.2. The fourth-order valence-electron chi connectivity index (χ4n) is 2.71. The van der Waals surface area contributed by atoms with Crippen LogP contribution in [0.3, 0.4) is 0 Å². The fraction of sp³-hybridized carbons (Fsp3) is 0.938. The molecule has 1 aliphatic heterocycles. The smallest absolute Gasteiger partial charge is 0.191 e. The highest BCUT2D eigenvalue weighted by Gasteiger charge is 2.15. The Bertz CT molecular complexity index is 277. The van der Waals surface area contributed by atoms with E-state index in [0.29, 0.717) is 6.10 Å². The van der Waals surface area contributed by atoms with E-state index in [4.69, 9.17) is 4.74 Å². The maximum absolute atomic E-state index is 5.61. The van der Waals surface area contributed by atoms with Gasteiger partial charge in [0.1, 0.15) is 0 Å². The molecule has 0 aliphatic carbocycles. The third kappa shape index (κ3) is 9.84. The molecule has 0 bridgehead atoms. The summed E-state index contributed by atoms with van der Waals surface area (Å²) in [5.41, 5.74) is 0. The molecule has 0 radical (unpaired) electrons. The van der Waals surface area contributed by atoms with Crippen LogP contribution in [0.15, 0.2) is 4.99 Å². The Labute approximate surface area is 153 Å². The van der Waals surface area contributed by atoms with Crippen molar-refractivity contribution in [2.24, 2.45) is 4.99 Å². The van der Waals surface area contributed by atoms with Crippen molar-refractivity contribution < 1.29 is 4.74 Å². The minimum atomic E-state index is 0. The molecule has 1 atom stereocenters. The molecule has 1 unspecified atom stereocenters. The van der Waals surface area contributed by atoms with Crippen LogP contribution in [0.2, 0.25) is 0 Å². The lowest BCUT2D eigenvalue weighted by Crippen LogP contribution is -2.42. The molecule has 0 amide bonds. The Balaban J connectivity index is 0.00000441. The largest absolute Gasteiger partial charge is 0.376 e. The minimum Gasteiger partial charge on any atom is -0.376 e. The molecule has 0 spiro atoms.